The topological polar surface area (TPSA) is 89.8 Å². The largest absolute Gasteiger partial charge is 0.497 e. The summed E-state index contributed by atoms with van der Waals surface area (Å²) in [6.07, 6.45) is 1.73. The maximum Gasteiger partial charge on any atom is 0.255 e. The van der Waals surface area contributed by atoms with Gasteiger partial charge in [-0.05, 0) is 43.4 Å². The van der Waals surface area contributed by atoms with E-state index in [9.17, 15) is 4.79 Å². The van der Waals surface area contributed by atoms with Gasteiger partial charge in [-0.15, -0.1) is 0 Å². The van der Waals surface area contributed by atoms with Crippen LogP contribution in [-0.2, 0) is 13.6 Å². The van der Waals surface area contributed by atoms with E-state index in [1.807, 2.05) is 55.5 Å². The number of hydrogen-bond donors (Lipinski definition) is 2. The number of carbonyl (C=O) groups excluding carboxylic acids is 1. The van der Waals surface area contributed by atoms with Gasteiger partial charge in [0.1, 0.15) is 11.4 Å². The Hall–Kier alpha value is -3.72. The molecule has 0 unspecified atom stereocenters. The van der Waals surface area contributed by atoms with E-state index in [0.29, 0.717) is 27.6 Å². The van der Waals surface area contributed by atoms with Crippen molar-refractivity contribution in [2.24, 2.45) is 7.05 Å². The maximum absolute atomic E-state index is 13.1. The van der Waals surface area contributed by atoms with Crippen LogP contribution in [0.25, 0.3) is 16.9 Å². The molecule has 0 fully saturated rings. The van der Waals surface area contributed by atoms with Gasteiger partial charge in [0.05, 0.1) is 24.9 Å². The molecule has 2 N–H and O–H groups in total. The summed E-state index contributed by atoms with van der Waals surface area (Å²) in [6, 6.07) is 15.4. The lowest BCUT2D eigenvalue weighted by atomic mass is 10.1. The molecule has 2 heterocycles. The number of aromatic amines is 1. The molecule has 0 aliphatic heterocycles. The van der Waals surface area contributed by atoms with Crippen LogP contribution >= 0.6 is 12.2 Å². The maximum atomic E-state index is 13.1. The molecule has 0 saturated heterocycles. The van der Waals surface area contributed by atoms with Gasteiger partial charge in [-0.1, -0.05) is 29.8 Å². The summed E-state index contributed by atoms with van der Waals surface area (Å²) in [5.74, 6) is 1.06. The fourth-order valence-electron chi connectivity index (χ4n) is 3.15. The number of rotatable bonds is 6. The molecular weight excluding hydrogens is 412 g/mol. The molecule has 0 aliphatic rings. The fourth-order valence-corrected chi connectivity index (χ4v) is 3.30. The monoisotopic (exact) mass is 434 g/mol. The molecule has 31 heavy (non-hydrogen) atoms. The minimum Gasteiger partial charge on any atom is -0.497 e. The van der Waals surface area contributed by atoms with Crippen molar-refractivity contribution in [1.82, 2.24) is 29.9 Å². The third-order valence-corrected chi connectivity index (χ3v) is 5.35. The van der Waals surface area contributed by atoms with E-state index in [0.717, 1.165) is 16.8 Å². The molecule has 8 nitrogen and oxygen atoms in total. The number of H-pyrrole nitrogens is 1. The van der Waals surface area contributed by atoms with Crippen molar-refractivity contribution in [1.29, 1.82) is 0 Å². The SMILES string of the molecule is COc1cccc(-c2nn(-c3ccc(C)cc3)cc2C(=O)NCc2n[nH]c(=S)n2C)c1. The summed E-state index contributed by atoms with van der Waals surface area (Å²) in [7, 11) is 3.40. The first-order valence-corrected chi connectivity index (χ1v) is 10.1. The number of hydrogen-bond acceptors (Lipinski definition) is 5. The van der Waals surface area contributed by atoms with Crippen molar-refractivity contribution < 1.29 is 9.53 Å². The fraction of sp³-hybridized carbons (Fsp3) is 0.182. The number of amides is 1. The molecule has 0 atom stereocenters. The highest BCUT2D eigenvalue weighted by atomic mass is 32.1. The van der Waals surface area contributed by atoms with Crippen molar-refractivity contribution in [3.05, 3.63) is 76.5 Å². The second-order valence-corrected chi connectivity index (χ2v) is 7.48. The highest BCUT2D eigenvalue weighted by Crippen LogP contribution is 2.27. The van der Waals surface area contributed by atoms with Gasteiger partial charge < -0.3 is 14.6 Å². The summed E-state index contributed by atoms with van der Waals surface area (Å²) in [6.45, 7) is 2.26. The Kier molecular flexibility index (Phi) is 5.68. The first kappa shape index (κ1) is 20.5. The number of benzene rings is 2. The third kappa shape index (κ3) is 4.26. The first-order chi connectivity index (χ1) is 15.0. The zero-order chi connectivity index (χ0) is 22.0. The quantitative estimate of drug-likeness (QED) is 0.453. The van der Waals surface area contributed by atoms with Gasteiger partial charge in [0, 0.05) is 18.8 Å². The van der Waals surface area contributed by atoms with E-state index in [2.05, 4.69) is 15.5 Å². The molecule has 4 rings (SSSR count). The Labute approximate surface area is 184 Å². The Morgan fingerprint density at radius 2 is 2.00 bits per heavy atom. The van der Waals surface area contributed by atoms with Crippen molar-refractivity contribution in [2.45, 2.75) is 13.5 Å². The molecule has 0 spiro atoms. The number of ether oxygens (including phenoxy) is 1. The number of nitrogens with one attached hydrogen (secondary N) is 2. The molecule has 0 radical (unpaired) electrons. The van der Waals surface area contributed by atoms with Gasteiger partial charge in [-0.25, -0.2) is 4.68 Å². The van der Waals surface area contributed by atoms with Gasteiger partial charge in [-0.2, -0.15) is 10.2 Å². The molecular formula is C22H22N6O2S. The molecule has 2 aromatic carbocycles. The van der Waals surface area contributed by atoms with Gasteiger partial charge in [0.25, 0.3) is 5.91 Å². The van der Waals surface area contributed by atoms with Crippen LogP contribution in [0.5, 0.6) is 5.75 Å². The molecule has 4 aromatic rings. The van der Waals surface area contributed by atoms with Gasteiger partial charge in [0.15, 0.2) is 10.6 Å². The second kappa shape index (κ2) is 8.57. The summed E-state index contributed by atoms with van der Waals surface area (Å²) in [4.78, 5) is 13.1. The minimum absolute atomic E-state index is 0.232. The second-order valence-electron chi connectivity index (χ2n) is 7.09. The van der Waals surface area contributed by atoms with Crippen molar-refractivity contribution in [3.63, 3.8) is 0 Å². The molecule has 2 aromatic heterocycles. The Morgan fingerprint density at radius 3 is 2.68 bits per heavy atom. The van der Waals surface area contributed by atoms with E-state index in [1.54, 1.807) is 29.6 Å². The van der Waals surface area contributed by atoms with Crippen LogP contribution in [0.3, 0.4) is 0 Å². The molecule has 0 saturated carbocycles. The van der Waals surface area contributed by atoms with Crippen LogP contribution in [0.15, 0.2) is 54.7 Å². The summed E-state index contributed by atoms with van der Waals surface area (Å²) in [5.41, 5.74) is 3.81. The third-order valence-electron chi connectivity index (χ3n) is 4.98. The number of nitrogens with zero attached hydrogens (tertiary/aromatic N) is 4. The molecule has 1 amide bonds. The van der Waals surface area contributed by atoms with Crippen molar-refractivity contribution in [2.75, 3.05) is 7.11 Å². The Balaban J connectivity index is 1.71. The van der Waals surface area contributed by atoms with Crippen LogP contribution < -0.4 is 10.1 Å². The first-order valence-electron chi connectivity index (χ1n) is 9.66. The van der Waals surface area contributed by atoms with Crippen molar-refractivity contribution >= 4 is 18.1 Å². The lowest BCUT2D eigenvalue weighted by molar-refractivity contribution is 0.0950. The predicted octanol–water partition coefficient (Wildman–Crippen LogP) is 3.58. The van der Waals surface area contributed by atoms with Gasteiger partial charge in [-0.3, -0.25) is 9.89 Å². The van der Waals surface area contributed by atoms with Crippen LogP contribution in [0.4, 0.5) is 0 Å². The average molecular weight is 435 g/mol. The number of aryl methyl sites for hydroxylation is 1. The molecule has 0 bridgehead atoms. The van der Waals surface area contributed by atoms with Gasteiger partial charge >= 0.3 is 0 Å². The van der Waals surface area contributed by atoms with Gasteiger partial charge in [0.2, 0.25) is 0 Å². The summed E-state index contributed by atoms with van der Waals surface area (Å²) in [5, 5.41) is 14.5. The van der Waals surface area contributed by atoms with Crippen LogP contribution in [0.1, 0.15) is 21.7 Å². The van der Waals surface area contributed by atoms with Crippen LogP contribution in [-0.4, -0.2) is 37.6 Å². The predicted molar refractivity (Wildman–Crippen MR) is 120 cm³/mol. The summed E-state index contributed by atoms with van der Waals surface area (Å²) >= 11 is 5.13. The average Bonchev–Trinajstić information content (AvgIpc) is 3.37. The lowest BCUT2D eigenvalue weighted by Crippen LogP contribution is -2.24. The van der Waals surface area contributed by atoms with E-state index in [4.69, 9.17) is 22.1 Å². The van der Waals surface area contributed by atoms with Crippen LogP contribution in [0, 0.1) is 11.7 Å². The number of carbonyl (C=O) groups is 1. The minimum atomic E-state index is -0.259. The zero-order valence-corrected chi connectivity index (χ0v) is 18.2. The smallest absolute Gasteiger partial charge is 0.255 e. The Morgan fingerprint density at radius 1 is 1.23 bits per heavy atom. The Bertz CT molecular complexity index is 1290. The molecule has 0 aliphatic carbocycles. The standard InChI is InChI=1S/C22H22N6O2S/c1-14-7-9-16(10-8-14)28-13-18(20(26-28)15-5-4-6-17(11-15)30-3)21(29)23-12-19-24-25-22(31)27(19)2/h4-11,13H,12H2,1-3H3,(H,23,29)(H,25,31). The van der Waals surface area contributed by atoms with E-state index in [-0.39, 0.29) is 12.5 Å². The lowest BCUT2D eigenvalue weighted by Gasteiger charge is -2.06. The highest BCUT2D eigenvalue weighted by Gasteiger charge is 2.19. The van der Waals surface area contributed by atoms with Crippen molar-refractivity contribution in [3.8, 4) is 22.7 Å². The van der Waals surface area contributed by atoms with Crippen LogP contribution in [0.2, 0.25) is 0 Å². The molecule has 158 valence electrons. The van der Waals surface area contributed by atoms with E-state index >= 15 is 0 Å². The molecule has 9 heteroatoms. The highest BCUT2D eigenvalue weighted by molar-refractivity contribution is 7.71. The normalized spacial score (nSPS) is 10.8. The number of aromatic nitrogens is 5. The van der Waals surface area contributed by atoms with E-state index in [1.165, 1.54) is 0 Å². The zero-order valence-electron chi connectivity index (χ0n) is 17.4. The van der Waals surface area contributed by atoms with E-state index < -0.39 is 0 Å². The summed E-state index contributed by atoms with van der Waals surface area (Å²) < 4.78 is 9.26. The number of methoxy groups -OCH3 is 1.